The zero-order valence-corrected chi connectivity index (χ0v) is 15.6. The van der Waals surface area contributed by atoms with Crippen molar-refractivity contribution in [3.05, 3.63) is 0 Å². The van der Waals surface area contributed by atoms with E-state index in [0.717, 1.165) is 50.4 Å². The fourth-order valence-corrected chi connectivity index (χ4v) is 6.36. The summed E-state index contributed by atoms with van der Waals surface area (Å²) in [5.74, 6) is 3.14. The smallest absolute Gasteiger partial charge is 0.163 e. The van der Waals surface area contributed by atoms with Crippen molar-refractivity contribution in [3.8, 4) is 0 Å². The Kier molecular flexibility index (Phi) is 4.93. The summed E-state index contributed by atoms with van der Waals surface area (Å²) < 4.78 is 29.0. The second-order valence-electron chi connectivity index (χ2n) is 8.56. The molecule has 24 heavy (non-hydrogen) atoms. The van der Waals surface area contributed by atoms with Gasteiger partial charge in [-0.25, -0.2) is 8.42 Å². The molecule has 138 valence electrons. The lowest BCUT2D eigenvalue weighted by Crippen LogP contribution is -2.53. The zero-order chi connectivity index (χ0) is 16.7. The van der Waals surface area contributed by atoms with Gasteiger partial charge in [0.25, 0.3) is 0 Å². The summed E-state index contributed by atoms with van der Waals surface area (Å²) in [7, 11) is -2.95. The van der Waals surface area contributed by atoms with Gasteiger partial charge in [-0.3, -0.25) is 0 Å². The Labute approximate surface area is 146 Å². The number of hydrogen-bond acceptors (Lipinski definition) is 5. The van der Waals surface area contributed by atoms with Crippen molar-refractivity contribution < 1.29 is 13.2 Å². The molecule has 5 nitrogen and oxygen atoms in total. The van der Waals surface area contributed by atoms with Crippen molar-refractivity contribution in [2.45, 2.75) is 62.4 Å². The minimum absolute atomic E-state index is 0.330. The maximum Gasteiger partial charge on any atom is 0.163 e. The molecule has 3 heterocycles. The molecule has 3 aliphatic heterocycles. The average Bonchev–Trinajstić information content (AvgIpc) is 3.20. The van der Waals surface area contributed by atoms with E-state index in [1.165, 1.54) is 38.4 Å². The predicted octanol–water partition coefficient (Wildman–Crippen LogP) is 1.54. The SMILES string of the molecule is CS(=O)(=O)C1CCC(C2CCCC(C3CC3C3CCOC3)N2)CN1. The molecule has 0 radical (unpaired) electrons. The van der Waals surface area contributed by atoms with E-state index in [4.69, 9.17) is 4.74 Å². The van der Waals surface area contributed by atoms with Gasteiger partial charge in [0.1, 0.15) is 5.37 Å². The van der Waals surface area contributed by atoms with Gasteiger partial charge in [-0.15, -0.1) is 0 Å². The summed E-state index contributed by atoms with van der Waals surface area (Å²) in [5, 5.41) is 6.91. The normalized spacial score (nSPS) is 46.8. The lowest BCUT2D eigenvalue weighted by Gasteiger charge is -2.40. The molecule has 0 amide bonds. The maximum atomic E-state index is 11.7. The number of nitrogens with one attached hydrogen (secondary N) is 2. The third-order valence-electron chi connectivity index (χ3n) is 6.93. The highest BCUT2D eigenvalue weighted by Gasteiger charge is 2.49. The van der Waals surface area contributed by atoms with Crippen LogP contribution in [0.4, 0.5) is 0 Å². The van der Waals surface area contributed by atoms with Crippen LogP contribution in [-0.4, -0.2) is 51.9 Å². The van der Waals surface area contributed by atoms with Crippen LogP contribution < -0.4 is 10.6 Å². The highest BCUT2D eigenvalue weighted by molar-refractivity contribution is 7.91. The van der Waals surface area contributed by atoms with Gasteiger partial charge in [0.2, 0.25) is 0 Å². The summed E-state index contributed by atoms with van der Waals surface area (Å²) >= 11 is 0. The van der Waals surface area contributed by atoms with Gasteiger partial charge in [0.15, 0.2) is 9.84 Å². The first-order valence-corrected chi connectivity index (χ1v) is 11.7. The second-order valence-corrected chi connectivity index (χ2v) is 10.8. The van der Waals surface area contributed by atoms with E-state index in [1.807, 2.05) is 0 Å². The molecule has 0 bridgehead atoms. The van der Waals surface area contributed by atoms with Crippen LogP contribution in [0.5, 0.6) is 0 Å². The standard InChI is InChI=1S/C18H32N2O3S/c1-24(21,22)18-6-5-12(10-19-18)16-3-2-4-17(20-16)15-9-14(15)13-7-8-23-11-13/h12-20H,2-11H2,1H3. The summed E-state index contributed by atoms with van der Waals surface area (Å²) in [5.41, 5.74) is 0. The van der Waals surface area contributed by atoms with Crippen LogP contribution in [0.2, 0.25) is 0 Å². The van der Waals surface area contributed by atoms with E-state index in [9.17, 15) is 8.42 Å². The molecule has 0 aromatic heterocycles. The van der Waals surface area contributed by atoms with Crippen LogP contribution >= 0.6 is 0 Å². The van der Waals surface area contributed by atoms with Gasteiger partial charge >= 0.3 is 0 Å². The number of hydrogen-bond donors (Lipinski definition) is 2. The molecule has 1 saturated carbocycles. The fraction of sp³-hybridized carbons (Fsp3) is 1.00. The Balaban J connectivity index is 1.28. The third kappa shape index (κ3) is 3.67. The van der Waals surface area contributed by atoms with Gasteiger partial charge in [-0.2, -0.15) is 0 Å². The first-order chi connectivity index (χ1) is 11.5. The van der Waals surface area contributed by atoms with Crippen LogP contribution in [0.1, 0.15) is 44.9 Å². The molecule has 4 aliphatic rings. The van der Waals surface area contributed by atoms with Crippen molar-refractivity contribution in [1.82, 2.24) is 10.6 Å². The molecular formula is C18H32N2O3S. The minimum atomic E-state index is -2.95. The lowest BCUT2D eigenvalue weighted by molar-refractivity contribution is 0.174. The quantitative estimate of drug-likeness (QED) is 0.800. The largest absolute Gasteiger partial charge is 0.381 e. The predicted molar refractivity (Wildman–Crippen MR) is 94.4 cm³/mol. The average molecular weight is 357 g/mol. The first kappa shape index (κ1) is 17.3. The van der Waals surface area contributed by atoms with Crippen molar-refractivity contribution >= 4 is 9.84 Å². The third-order valence-corrected chi connectivity index (χ3v) is 8.37. The van der Waals surface area contributed by atoms with E-state index < -0.39 is 9.84 Å². The highest BCUT2D eigenvalue weighted by Crippen LogP contribution is 2.50. The Hall–Kier alpha value is -0.170. The van der Waals surface area contributed by atoms with Crippen molar-refractivity contribution in [1.29, 1.82) is 0 Å². The van der Waals surface area contributed by atoms with E-state index in [-0.39, 0.29) is 5.37 Å². The molecule has 0 aromatic carbocycles. The van der Waals surface area contributed by atoms with Crippen LogP contribution in [0.25, 0.3) is 0 Å². The van der Waals surface area contributed by atoms with Gasteiger partial charge in [-0.05, 0) is 62.2 Å². The molecule has 6 heteroatoms. The number of piperidine rings is 2. The number of ether oxygens (including phenoxy) is 1. The lowest BCUT2D eigenvalue weighted by atomic mass is 9.83. The van der Waals surface area contributed by atoms with Crippen LogP contribution in [0, 0.1) is 23.7 Å². The summed E-state index contributed by atoms with van der Waals surface area (Å²) in [6, 6.07) is 1.25. The van der Waals surface area contributed by atoms with E-state index >= 15 is 0 Å². The first-order valence-electron chi connectivity index (χ1n) is 9.78. The molecule has 3 saturated heterocycles. The molecule has 0 spiro atoms. The second kappa shape index (κ2) is 6.86. The van der Waals surface area contributed by atoms with E-state index in [0.29, 0.717) is 18.0 Å². The summed E-state index contributed by atoms with van der Waals surface area (Å²) in [6.07, 6.45) is 9.66. The highest BCUT2D eigenvalue weighted by atomic mass is 32.2. The molecule has 4 rings (SSSR count). The van der Waals surface area contributed by atoms with Crippen molar-refractivity contribution in [3.63, 3.8) is 0 Å². The van der Waals surface area contributed by atoms with Crippen molar-refractivity contribution in [2.75, 3.05) is 26.0 Å². The Morgan fingerprint density at radius 1 is 0.958 bits per heavy atom. The molecular weight excluding hydrogens is 324 g/mol. The van der Waals surface area contributed by atoms with Gasteiger partial charge in [0, 0.05) is 38.1 Å². The maximum absolute atomic E-state index is 11.7. The van der Waals surface area contributed by atoms with E-state index in [1.54, 1.807) is 0 Å². The van der Waals surface area contributed by atoms with Crippen LogP contribution in [-0.2, 0) is 14.6 Å². The zero-order valence-electron chi connectivity index (χ0n) is 14.7. The van der Waals surface area contributed by atoms with Crippen molar-refractivity contribution in [2.24, 2.45) is 23.7 Å². The molecule has 2 N–H and O–H groups in total. The number of sulfone groups is 1. The molecule has 0 aromatic rings. The Morgan fingerprint density at radius 2 is 1.79 bits per heavy atom. The minimum Gasteiger partial charge on any atom is -0.381 e. The van der Waals surface area contributed by atoms with Gasteiger partial charge in [-0.1, -0.05) is 6.42 Å². The Bertz CT molecular complexity index is 538. The summed E-state index contributed by atoms with van der Waals surface area (Å²) in [6.45, 7) is 2.78. The van der Waals surface area contributed by atoms with Crippen LogP contribution in [0.15, 0.2) is 0 Å². The number of rotatable bonds is 4. The summed E-state index contributed by atoms with van der Waals surface area (Å²) in [4.78, 5) is 0. The van der Waals surface area contributed by atoms with Gasteiger partial charge < -0.3 is 15.4 Å². The van der Waals surface area contributed by atoms with Crippen LogP contribution in [0.3, 0.4) is 0 Å². The topological polar surface area (TPSA) is 67.4 Å². The molecule has 4 fully saturated rings. The molecule has 1 aliphatic carbocycles. The molecule has 7 atom stereocenters. The Morgan fingerprint density at radius 3 is 2.46 bits per heavy atom. The monoisotopic (exact) mass is 356 g/mol. The van der Waals surface area contributed by atoms with E-state index in [2.05, 4.69) is 10.6 Å². The van der Waals surface area contributed by atoms with Gasteiger partial charge in [0.05, 0.1) is 0 Å². The molecule has 7 unspecified atom stereocenters. The fourth-order valence-electron chi connectivity index (χ4n) is 5.40.